The van der Waals surface area contributed by atoms with Gasteiger partial charge in [-0.2, -0.15) is 4.31 Å². The van der Waals surface area contributed by atoms with Gasteiger partial charge in [-0.25, -0.2) is 8.42 Å². The maximum atomic E-state index is 12.6. The first-order chi connectivity index (χ1) is 9.45. The summed E-state index contributed by atoms with van der Waals surface area (Å²) < 4.78 is 26.7. The molecule has 1 atom stereocenters. The van der Waals surface area contributed by atoms with Crippen LogP contribution in [0.1, 0.15) is 13.3 Å². The molecule has 1 aliphatic rings. The number of benzene rings is 1. The lowest BCUT2D eigenvalue weighted by Gasteiger charge is -2.20. The second-order valence-electron chi connectivity index (χ2n) is 5.32. The van der Waals surface area contributed by atoms with Gasteiger partial charge in [-0.05, 0) is 51.7 Å². The van der Waals surface area contributed by atoms with Gasteiger partial charge >= 0.3 is 0 Å². The second kappa shape index (κ2) is 6.11. The molecule has 112 valence electrons. The Morgan fingerprint density at radius 3 is 2.45 bits per heavy atom. The highest BCUT2D eigenvalue weighted by Crippen LogP contribution is 2.23. The summed E-state index contributed by atoms with van der Waals surface area (Å²) in [7, 11) is 0.626. The summed E-state index contributed by atoms with van der Waals surface area (Å²) in [5.41, 5.74) is 0.944. The molecule has 5 nitrogen and oxygen atoms in total. The molecule has 6 heteroatoms. The minimum atomic E-state index is -3.36. The molecule has 0 amide bonds. The Kier molecular flexibility index (Phi) is 4.67. The van der Waals surface area contributed by atoms with Gasteiger partial charge in [0.2, 0.25) is 10.0 Å². The van der Waals surface area contributed by atoms with Crippen molar-refractivity contribution in [2.75, 3.05) is 39.0 Å². The van der Waals surface area contributed by atoms with E-state index in [1.807, 2.05) is 33.2 Å². The van der Waals surface area contributed by atoms with Crippen LogP contribution in [-0.4, -0.2) is 57.4 Å². The summed E-state index contributed by atoms with van der Waals surface area (Å²) in [6, 6.07) is 7.30. The van der Waals surface area contributed by atoms with Gasteiger partial charge in [0.25, 0.3) is 0 Å². The number of nitrogens with one attached hydrogen (secondary N) is 1. The van der Waals surface area contributed by atoms with E-state index in [0.717, 1.165) is 18.7 Å². The molecule has 0 saturated carbocycles. The van der Waals surface area contributed by atoms with Crippen LogP contribution < -0.4 is 5.32 Å². The van der Waals surface area contributed by atoms with Crippen LogP contribution in [0.2, 0.25) is 0 Å². The van der Waals surface area contributed by atoms with Crippen LogP contribution in [0.15, 0.2) is 29.2 Å². The highest BCUT2D eigenvalue weighted by atomic mass is 32.2. The zero-order valence-electron chi connectivity index (χ0n) is 12.3. The van der Waals surface area contributed by atoms with Crippen molar-refractivity contribution in [3.63, 3.8) is 0 Å². The Balaban J connectivity index is 2.14. The SMILES string of the molecule is CCNc1ccc(S(=O)(=O)N2CCC(N(C)C)C2)cc1. The van der Waals surface area contributed by atoms with Crippen LogP contribution in [0.5, 0.6) is 0 Å². The van der Waals surface area contributed by atoms with Gasteiger partial charge in [0, 0.05) is 31.4 Å². The topological polar surface area (TPSA) is 52.7 Å². The van der Waals surface area contributed by atoms with Crippen molar-refractivity contribution in [2.24, 2.45) is 0 Å². The molecular formula is C14H23N3O2S. The number of hydrogen-bond donors (Lipinski definition) is 1. The molecule has 0 spiro atoms. The summed E-state index contributed by atoms with van der Waals surface area (Å²) in [5.74, 6) is 0. The quantitative estimate of drug-likeness (QED) is 0.893. The molecule has 1 heterocycles. The van der Waals surface area contributed by atoms with E-state index < -0.39 is 10.0 Å². The third-order valence-corrected chi connectivity index (χ3v) is 5.61. The van der Waals surface area contributed by atoms with Crippen molar-refractivity contribution in [3.05, 3.63) is 24.3 Å². The average molecular weight is 297 g/mol. The number of anilines is 1. The Bertz CT molecular complexity index is 540. The maximum absolute atomic E-state index is 12.6. The molecule has 1 aromatic rings. The predicted molar refractivity (Wildman–Crippen MR) is 81.5 cm³/mol. The largest absolute Gasteiger partial charge is 0.385 e. The summed E-state index contributed by atoms with van der Waals surface area (Å²) >= 11 is 0. The first kappa shape index (κ1) is 15.3. The van der Waals surface area contributed by atoms with Crippen molar-refractivity contribution >= 4 is 15.7 Å². The second-order valence-corrected chi connectivity index (χ2v) is 7.26. The number of hydrogen-bond acceptors (Lipinski definition) is 4. The van der Waals surface area contributed by atoms with Gasteiger partial charge in [-0.3, -0.25) is 0 Å². The molecule has 2 rings (SSSR count). The smallest absolute Gasteiger partial charge is 0.243 e. The number of nitrogens with zero attached hydrogens (tertiary/aromatic N) is 2. The van der Waals surface area contributed by atoms with E-state index >= 15 is 0 Å². The first-order valence-corrected chi connectivity index (χ1v) is 8.39. The van der Waals surface area contributed by atoms with Crippen molar-refractivity contribution < 1.29 is 8.42 Å². The molecule has 0 radical (unpaired) electrons. The molecule has 1 N–H and O–H groups in total. The fraction of sp³-hybridized carbons (Fsp3) is 0.571. The van der Waals surface area contributed by atoms with Gasteiger partial charge in [-0.1, -0.05) is 0 Å². The lowest BCUT2D eigenvalue weighted by atomic mass is 10.2. The number of rotatable bonds is 5. The molecule has 1 aromatic carbocycles. The van der Waals surface area contributed by atoms with Gasteiger partial charge in [0.1, 0.15) is 0 Å². The fourth-order valence-corrected chi connectivity index (χ4v) is 3.94. The van der Waals surface area contributed by atoms with Crippen molar-refractivity contribution in [1.29, 1.82) is 0 Å². The van der Waals surface area contributed by atoms with Crippen LogP contribution in [0.4, 0.5) is 5.69 Å². The molecular weight excluding hydrogens is 274 g/mol. The monoisotopic (exact) mass is 297 g/mol. The van der Waals surface area contributed by atoms with Crippen LogP contribution in [-0.2, 0) is 10.0 Å². The minimum Gasteiger partial charge on any atom is -0.385 e. The van der Waals surface area contributed by atoms with Crippen LogP contribution in [0.3, 0.4) is 0 Å². The highest BCUT2D eigenvalue weighted by Gasteiger charge is 2.33. The Labute approximate surface area is 121 Å². The summed E-state index contributed by atoms with van der Waals surface area (Å²) in [6.07, 6.45) is 0.891. The Morgan fingerprint density at radius 2 is 1.95 bits per heavy atom. The lowest BCUT2D eigenvalue weighted by Crippen LogP contribution is -2.34. The van der Waals surface area contributed by atoms with Gasteiger partial charge in [0.15, 0.2) is 0 Å². The lowest BCUT2D eigenvalue weighted by molar-refractivity contribution is 0.302. The van der Waals surface area contributed by atoms with Crippen molar-refractivity contribution in [1.82, 2.24) is 9.21 Å². The number of likely N-dealkylation sites (N-methyl/N-ethyl adjacent to an activating group) is 1. The molecule has 1 fully saturated rings. The molecule has 0 bridgehead atoms. The van der Waals surface area contributed by atoms with Crippen molar-refractivity contribution in [3.8, 4) is 0 Å². The van der Waals surface area contributed by atoms with Gasteiger partial charge < -0.3 is 10.2 Å². The van der Waals surface area contributed by atoms with E-state index in [1.165, 1.54) is 0 Å². The third kappa shape index (κ3) is 3.13. The minimum absolute atomic E-state index is 0.311. The third-order valence-electron chi connectivity index (χ3n) is 3.73. The zero-order chi connectivity index (χ0) is 14.8. The van der Waals surface area contributed by atoms with E-state index in [1.54, 1.807) is 16.4 Å². The zero-order valence-corrected chi connectivity index (χ0v) is 13.2. The summed E-state index contributed by atoms with van der Waals surface area (Å²) in [6.45, 7) is 4.00. The maximum Gasteiger partial charge on any atom is 0.243 e. The highest BCUT2D eigenvalue weighted by molar-refractivity contribution is 7.89. The molecule has 0 aliphatic carbocycles. The normalized spacial score (nSPS) is 20.5. The van der Waals surface area contributed by atoms with Gasteiger partial charge in [0.05, 0.1) is 4.90 Å². The molecule has 1 saturated heterocycles. The van der Waals surface area contributed by atoms with E-state index in [0.29, 0.717) is 24.0 Å². The standard InChI is InChI=1S/C14H23N3O2S/c1-4-15-12-5-7-14(8-6-12)20(18,19)17-10-9-13(11-17)16(2)3/h5-8,13,15H,4,9-11H2,1-3H3. The molecule has 1 unspecified atom stereocenters. The van der Waals surface area contributed by atoms with E-state index in [2.05, 4.69) is 10.2 Å². The van der Waals surface area contributed by atoms with Gasteiger partial charge in [-0.15, -0.1) is 0 Å². The first-order valence-electron chi connectivity index (χ1n) is 6.95. The molecule has 20 heavy (non-hydrogen) atoms. The average Bonchev–Trinajstić information content (AvgIpc) is 2.90. The van der Waals surface area contributed by atoms with E-state index in [-0.39, 0.29) is 0 Å². The fourth-order valence-electron chi connectivity index (χ4n) is 2.45. The Hall–Kier alpha value is -1.11. The predicted octanol–water partition coefficient (Wildman–Crippen LogP) is 1.44. The Morgan fingerprint density at radius 1 is 1.30 bits per heavy atom. The van der Waals surface area contributed by atoms with Crippen LogP contribution in [0.25, 0.3) is 0 Å². The van der Waals surface area contributed by atoms with Crippen molar-refractivity contribution in [2.45, 2.75) is 24.3 Å². The summed E-state index contributed by atoms with van der Waals surface area (Å²) in [5, 5.41) is 3.16. The van der Waals surface area contributed by atoms with E-state index in [4.69, 9.17) is 0 Å². The van der Waals surface area contributed by atoms with Crippen LogP contribution >= 0.6 is 0 Å². The number of sulfonamides is 1. The summed E-state index contributed by atoms with van der Waals surface area (Å²) in [4.78, 5) is 2.46. The van der Waals surface area contributed by atoms with Crippen LogP contribution in [0, 0.1) is 0 Å². The molecule has 0 aromatic heterocycles. The molecule has 1 aliphatic heterocycles. The van der Waals surface area contributed by atoms with E-state index in [9.17, 15) is 8.42 Å².